The van der Waals surface area contributed by atoms with Gasteiger partial charge in [0.1, 0.15) is 0 Å². The number of aryl methyl sites for hydroxylation is 1. The molecule has 0 saturated heterocycles. The molecule has 20 heavy (non-hydrogen) atoms. The standard InChI is InChI=1S/C12H15N3O3S2/c1-8-13-10-5-4-9(6-11(10)19-8)14-12(16)7-15(2)20(3,17)18/h4-6H,7H2,1-3H3,(H,14,16). The molecule has 0 fully saturated rings. The molecule has 1 N–H and O–H groups in total. The zero-order valence-corrected chi connectivity index (χ0v) is 13.0. The number of aromatic nitrogens is 1. The molecule has 0 atom stereocenters. The minimum atomic E-state index is -3.36. The van der Waals surface area contributed by atoms with Gasteiger partial charge < -0.3 is 5.32 Å². The number of carbonyl (C=O) groups is 1. The number of amides is 1. The number of hydrogen-bond acceptors (Lipinski definition) is 5. The molecule has 0 radical (unpaired) electrons. The van der Waals surface area contributed by atoms with Crippen LogP contribution in [0.3, 0.4) is 0 Å². The Labute approximate surface area is 121 Å². The fourth-order valence-corrected chi connectivity index (χ4v) is 2.86. The maximum Gasteiger partial charge on any atom is 0.239 e. The summed E-state index contributed by atoms with van der Waals surface area (Å²) in [6.07, 6.45) is 1.06. The number of carbonyl (C=O) groups excluding carboxylic acids is 1. The zero-order valence-electron chi connectivity index (χ0n) is 11.4. The van der Waals surface area contributed by atoms with E-state index in [2.05, 4.69) is 10.3 Å². The summed E-state index contributed by atoms with van der Waals surface area (Å²) in [5, 5.41) is 3.64. The second-order valence-corrected chi connectivity index (χ2v) is 7.81. The van der Waals surface area contributed by atoms with E-state index in [-0.39, 0.29) is 12.5 Å². The van der Waals surface area contributed by atoms with Gasteiger partial charge in [0.05, 0.1) is 28.0 Å². The van der Waals surface area contributed by atoms with Crippen LogP contribution in [0.25, 0.3) is 10.2 Å². The fourth-order valence-electron chi connectivity index (χ4n) is 1.64. The van der Waals surface area contributed by atoms with Gasteiger partial charge in [0.25, 0.3) is 0 Å². The van der Waals surface area contributed by atoms with Crippen LogP contribution >= 0.6 is 11.3 Å². The maximum atomic E-state index is 11.8. The van der Waals surface area contributed by atoms with Crippen LogP contribution in [-0.4, -0.2) is 43.5 Å². The van der Waals surface area contributed by atoms with Crippen LogP contribution in [0.15, 0.2) is 18.2 Å². The van der Waals surface area contributed by atoms with Crippen molar-refractivity contribution in [1.82, 2.24) is 9.29 Å². The van der Waals surface area contributed by atoms with Crippen molar-refractivity contribution < 1.29 is 13.2 Å². The minimum Gasteiger partial charge on any atom is -0.325 e. The second-order valence-electron chi connectivity index (χ2n) is 4.48. The number of rotatable bonds is 4. The van der Waals surface area contributed by atoms with E-state index in [1.807, 2.05) is 19.1 Å². The van der Waals surface area contributed by atoms with E-state index >= 15 is 0 Å². The third-order valence-electron chi connectivity index (χ3n) is 2.71. The average molecular weight is 313 g/mol. The molecule has 1 aromatic heterocycles. The predicted molar refractivity (Wildman–Crippen MR) is 80.5 cm³/mol. The van der Waals surface area contributed by atoms with Gasteiger partial charge in [-0.3, -0.25) is 4.79 Å². The highest BCUT2D eigenvalue weighted by molar-refractivity contribution is 7.88. The number of benzene rings is 1. The Morgan fingerprint density at radius 1 is 1.45 bits per heavy atom. The second kappa shape index (κ2) is 5.47. The smallest absolute Gasteiger partial charge is 0.239 e. The molecule has 0 aliphatic rings. The monoisotopic (exact) mass is 313 g/mol. The lowest BCUT2D eigenvalue weighted by molar-refractivity contribution is -0.116. The van der Waals surface area contributed by atoms with Gasteiger partial charge in [0, 0.05) is 12.7 Å². The van der Waals surface area contributed by atoms with Crippen LogP contribution in [0.5, 0.6) is 0 Å². The molecule has 0 aliphatic carbocycles. The number of fused-ring (bicyclic) bond motifs is 1. The Morgan fingerprint density at radius 2 is 2.15 bits per heavy atom. The molecule has 108 valence electrons. The Kier molecular flexibility index (Phi) is 4.07. The zero-order chi connectivity index (χ0) is 14.9. The molecule has 0 aliphatic heterocycles. The highest BCUT2D eigenvalue weighted by Gasteiger charge is 2.15. The van der Waals surface area contributed by atoms with Crippen molar-refractivity contribution in [3.63, 3.8) is 0 Å². The van der Waals surface area contributed by atoms with Gasteiger partial charge in [-0.2, -0.15) is 4.31 Å². The fraction of sp³-hybridized carbons (Fsp3) is 0.333. The molecule has 6 nitrogen and oxygen atoms in total. The van der Waals surface area contributed by atoms with E-state index in [1.54, 1.807) is 17.4 Å². The van der Waals surface area contributed by atoms with Crippen molar-refractivity contribution in [3.05, 3.63) is 23.2 Å². The lowest BCUT2D eigenvalue weighted by Crippen LogP contribution is -2.34. The van der Waals surface area contributed by atoms with Crippen molar-refractivity contribution in [1.29, 1.82) is 0 Å². The molecule has 2 aromatic rings. The van der Waals surface area contributed by atoms with Crippen LogP contribution in [0, 0.1) is 6.92 Å². The average Bonchev–Trinajstić information content (AvgIpc) is 2.66. The predicted octanol–water partition coefficient (Wildman–Crippen LogP) is 1.43. The van der Waals surface area contributed by atoms with Gasteiger partial charge in [0.15, 0.2) is 0 Å². The van der Waals surface area contributed by atoms with Crippen molar-refractivity contribution in [3.8, 4) is 0 Å². The highest BCUT2D eigenvalue weighted by Crippen LogP contribution is 2.24. The first kappa shape index (κ1) is 14.9. The first-order valence-corrected chi connectivity index (χ1v) is 8.50. The minimum absolute atomic E-state index is 0.210. The largest absolute Gasteiger partial charge is 0.325 e. The molecule has 0 bridgehead atoms. The van der Waals surface area contributed by atoms with Crippen molar-refractivity contribution in [2.45, 2.75) is 6.92 Å². The molecular weight excluding hydrogens is 298 g/mol. The summed E-state index contributed by atoms with van der Waals surface area (Å²) in [7, 11) is -1.99. The topological polar surface area (TPSA) is 79.4 Å². The SMILES string of the molecule is Cc1nc2ccc(NC(=O)CN(C)S(C)(=O)=O)cc2s1. The Bertz CT molecular complexity index is 752. The summed E-state index contributed by atoms with van der Waals surface area (Å²) in [5.74, 6) is -0.376. The first-order valence-electron chi connectivity index (χ1n) is 5.84. The van der Waals surface area contributed by atoms with E-state index in [9.17, 15) is 13.2 Å². The number of hydrogen-bond donors (Lipinski definition) is 1. The Hall–Kier alpha value is -1.51. The summed E-state index contributed by atoms with van der Waals surface area (Å²) in [5.41, 5.74) is 1.52. The third kappa shape index (κ3) is 3.53. The van der Waals surface area contributed by atoms with Gasteiger partial charge >= 0.3 is 0 Å². The summed E-state index contributed by atoms with van der Waals surface area (Å²) < 4.78 is 24.5. The van der Waals surface area contributed by atoms with Crippen molar-refractivity contribution >= 4 is 43.2 Å². The van der Waals surface area contributed by atoms with Gasteiger partial charge in [-0.1, -0.05) is 0 Å². The molecule has 8 heteroatoms. The van der Waals surface area contributed by atoms with E-state index in [1.165, 1.54) is 7.05 Å². The Morgan fingerprint density at radius 3 is 2.80 bits per heavy atom. The summed E-state index contributed by atoms with van der Waals surface area (Å²) in [4.78, 5) is 16.1. The number of anilines is 1. The summed E-state index contributed by atoms with van der Waals surface area (Å²) >= 11 is 1.54. The van der Waals surface area contributed by atoms with Crippen LogP contribution in [0.2, 0.25) is 0 Å². The Balaban J connectivity index is 2.09. The molecule has 0 saturated carbocycles. The summed E-state index contributed by atoms with van der Waals surface area (Å²) in [6, 6.07) is 5.41. The quantitative estimate of drug-likeness (QED) is 0.926. The highest BCUT2D eigenvalue weighted by atomic mass is 32.2. The van der Waals surface area contributed by atoms with Crippen LogP contribution in [0.4, 0.5) is 5.69 Å². The number of likely N-dealkylation sites (N-methyl/N-ethyl adjacent to an activating group) is 1. The number of sulfonamides is 1. The first-order chi connectivity index (χ1) is 9.25. The van der Waals surface area contributed by atoms with E-state index in [0.29, 0.717) is 5.69 Å². The van der Waals surface area contributed by atoms with E-state index < -0.39 is 10.0 Å². The van der Waals surface area contributed by atoms with Crippen LogP contribution in [0.1, 0.15) is 5.01 Å². The number of nitrogens with one attached hydrogen (secondary N) is 1. The van der Waals surface area contributed by atoms with Gasteiger partial charge in [-0.25, -0.2) is 13.4 Å². The van der Waals surface area contributed by atoms with E-state index in [4.69, 9.17) is 0 Å². The lowest BCUT2D eigenvalue weighted by Gasteiger charge is -2.13. The van der Waals surface area contributed by atoms with Crippen LogP contribution in [-0.2, 0) is 14.8 Å². The lowest BCUT2D eigenvalue weighted by atomic mass is 10.3. The van der Waals surface area contributed by atoms with Crippen LogP contribution < -0.4 is 5.32 Å². The number of nitrogens with zero attached hydrogens (tertiary/aromatic N) is 2. The van der Waals surface area contributed by atoms with E-state index in [0.717, 1.165) is 25.8 Å². The van der Waals surface area contributed by atoms with Gasteiger partial charge in [-0.15, -0.1) is 11.3 Å². The third-order valence-corrected chi connectivity index (χ3v) is 4.91. The summed E-state index contributed by atoms with van der Waals surface area (Å²) in [6.45, 7) is 1.71. The molecule has 0 spiro atoms. The molecule has 0 unspecified atom stereocenters. The molecular formula is C12H15N3O3S2. The normalized spacial score (nSPS) is 12.0. The molecule has 1 amide bonds. The van der Waals surface area contributed by atoms with Gasteiger partial charge in [0.2, 0.25) is 15.9 Å². The molecule has 2 rings (SSSR count). The van der Waals surface area contributed by atoms with Crippen molar-refractivity contribution in [2.75, 3.05) is 25.2 Å². The molecule has 1 heterocycles. The maximum absolute atomic E-state index is 11.8. The molecule has 1 aromatic carbocycles. The van der Waals surface area contributed by atoms with Crippen molar-refractivity contribution in [2.24, 2.45) is 0 Å². The van der Waals surface area contributed by atoms with Gasteiger partial charge in [-0.05, 0) is 25.1 Å². The number of thiazole rings is 1.